The Bertz CT molecular complexity index is 1100. The topological polar surface area (TPSA) is 76.8 Å². The Kier molecular flexibility index (Phi) is 5.64. The molecule has 7 heteroatoms. The molecule has 5 rings (SSSR count). The lowest BCUT2D eigenvalue weighted by atomic mass is 9.75. The number of aromatic nitrogens is 3. The normalized spacial score (nSPS) is 24.5. The second-order valence-corrected chi connectivity index (χ2v) is 9.00. The molecule has 0 N–H and O–H groups in total. The second kappa shape index (κ2) is 8.73. The number of amides is 2. The number of fused-ring (bicyclic) bond motifs is 1. The van der Waals surface area contributed by atoms with E-state index >= 15 is 0 Å². The first-order chi connectivity index (χ1) is 15.6. The zero-order valence-electron chi connectivity index (χ0n) is 18.3. The van der Waals surface area contributed by atoms with Crippen LogP contribution in [0.25, 0.3) is 5.65 Å². The van der Waals surface area contributed by atoms with Gasteiger partial charge in [-0.05, 0) is 49.7 Å². The fourth-order valence-corrected chi connectivity index (χ4v) is 5.27. The first kappa shape index (κ1) is 20.7. The van der Waals surface area contributed by atoms with Crippen LogP contribution in [0.5, 0.6) is 0 Å². The number of hydrogen-bond acceptors (Lipinski definition) is 5. The maximum absolute atomic E-state index is 13.3. The average Bonchev–Trinajstić information content (AvgIpc) is 3.45. The second-order valence-electron chi connectivity index (χ2n) is 9.00. The Labute approximate surface area is 187 Å². The van der Waals surface area contributed by atoms with Crippen LogP contribution in [0.2, 0.25) is 0 Å². The number of cyclic esters (lactones) is 1. The van der Waals surface area contributed by atoms with Crippen LogP contribution < -0.4 is 0 Å². The van der Waals surface area contributed by atoms with Crippen LogP contribution in [-0.2, 0) is 16.0 Å². The zero-order valence-corrected chi connectivity index (χ0v) is 18.3. The highest BCUT2D eigenvalue weighted by Gasteiger charge is 2.42. The average molecular weight is 433 g/mol. The molecule has 1 aliphatic carbocycles. The summed E-state index contributed by atoms with van der Waals surface area (Å²) in [6.07, 6.45) is 7.64. The minimum Gasteiger partial charge on any atom is -0.447 e. The van der Waals surface area contributed by atoms with Gasteiger partial charge in [0.2, 0.25) is 5.91 Å². The van der Waals surface area contributed by atoms with E-state index in [9.17, 15) is 9.59 Å². The van der Waals surface area contributed by atoms with Gasteiger partial charge >= 0.3 is 6.09 Å². The van der Waals surface area contributed by atoms with Gasteiger partial charge in [0.15, 0.2) is 5.65 Å². The molecule has 2 aromatic heterocycles. The highest BCUT2D eigenvalue weighted by atomic mass is 16.6. The van der Waals surface area contributed by atoms with Gasteiger partial charge < -0.3 is 4.74 Å². The maximum atomic E-state index is 13.3. The van der Waals surface area contributed by atoms with E-state index in [1.165, 1.54) is 10.6 Å². The number of ether oxygens (including phenoxy) is 1. The first-order valence-electron chi connectivity index (χ1n) is 11.4. The van der Waals surface area contributed by atoms with E-state index in [2.05, 4.69) is 10.1 Å². The number of nitrogens with zero attached hydrogens (tertiary/aromatic N) is 4. The van der Waals surface area contributed by atoms with Crippen molar-refractivity contribution in [2.75, 3.05) is 6.61 Å². The van der Waals surface area contributed by atoms with Crippen LogP contribution >= 0.6 is 0 Å². The monoisotopic (exact) mass is 432 g/mol. The summed E-state index contributed by atoms with van der Waals surface area (Å²) in [4.78, 5) is 31.5. The molecule has 32 heavy (non-hydrogen) atoms. The first-order valence-corrected chi connectivity index (χ1v) is 11.4. The molecular formula is C25H28N4O3. The van der Waals surface area contributed by atoms with Crippen molar-refractivity contribution in [3.63, 3.8) is 0 Å². The van der Waals surface area contributed by atoms with Gasteiger partial charge in [-0.15, -0.1) is 0 Å². The summed E-state index contributed by atoms with van der Waals surface area (Å²) in [7, 11) is 0. The van der Waals surface area contributed by atoms with Crippen LogP contribution in [0.1, 0.15) is 49.8 Å². The minimum absolute atomic E-state index is 0.102. The van der Waals surface area contributed by atoms with Crippen molar-refractivity contribution in [3.05, 3.63) is 66.1 Å². The molecule has 1 saturated carbocycles. The van der Waals surface area contributed by atoms with Crippen LogP contribution in [-0.4, -0.2) is 44.1 Å². The molecule has 7 nitrogen and oxygen atoms in total. The Morgan fingerprint density at radius 2 is 1.88 bits per heavy atom. The van der Waals surface area contributed by atoms with Gasteiger partial charge in [-0.1, -0.05) is 37.3 Å². The Hall–Kier alpha value is -3.22. The summed E-state index contributed by atoms with van der Waals surface area (Å²) in [5.41, 5.74) is 3.15. The smallest absolute Gasteiger partial charge is 0.416 e. The highest BCUT2D eigenvalue weighted by molar-refractivity contribution is 5.94. The number of imide groups is 1. The Morgan fingerprint density at radius 3 is 2.66 bits per heavy atom. The lowest BCUT2D eigenvalue weighted by Gasteiger charge is -2.33. The van der Waals surface area contributed by atoms with Gasteiger partial charge in [-0.3, -0.25) is 4.79 Å². The molecule has 0 bridgehead atoms. The highest BCUT2D eigenvalue weighted by Crippen LogP contribution is 2.39. The molecule has 1 aliphatic heterocycles. The molecule has 0 spiro atoms. The number of carbonyl (C=O) groups excluding carboxylic acids is 2. The molecule has 0 radical (unpaired) electrons. The summed E-state index contributed by atoms with van der Waals surface area (Å²) in [6, 6.07) is 13.7. The molecule has 1 aromatic carbocycles. The largest absolute Gasteiger partial charge is 0.447 e. The third-order valence-electron chi connectivity index (χ3n) is 7.12. The third-order valence-corrected chi connectivity index (χ3v) is 7.12. The number of rotatable bonds is 5. The van der Waals surface area contributed by atoms with Gasteiger partial charge in [0, 0.05) is 29.8 Å². The SMILES string of the molecule is CC(C(=O)N1C(=O)OC[C@H]1Cc1ccccc1)C1CCC(c2ccnc3ccnn23)CC1. The molecule has 3 heterocycles. The summed E-state index contributed by atoms with van der Waals surface area (Å²) in [5.74, 6) is 0.360. The maximum Gasteiger partial charge on any atom is 0.416 e. The van der Waals surface area contributed by atoms with Crippen molar-refractivity contribution in [2.45, 2.75) is 51.0 Å². The van der Waals surface area contributed by atoms with Crippen molar-refractivity contribution < 1.29 is 14.3 Å². The van der Waals surface area contributed by atoms with Crippen molar-refractivity contribution in [1.82, 2.24) is 19.5 Å². The van der Waals surface area contributed by atoms with E-state index in [0.717, 1.165) is 36.9 Å². The summed E-state index contributed by atoms with van der Waals surface area (Å²) in [5, 5.41) is 4.42. The minimum atomic E-state index is -0.505. The summed E-state index contributed by atoms with van der Waals surface area (Å²) in [6.45, 7) is 2.23. The van der Waals surface area contributed by atoms with E-state index in [1.807, 2.05) is 60.1 Å². The van der Waals surface area contributed by atoms with Gasteiger partial charge in [0.25, 0.3) is 0 Å². The Morgan fingerprint density at radius 1 is 1.09 bits per heavy atom. The number of hydrogen-bond donors (Lipinski definition) is 0. The quantitative estimate of drug-likeness (QED) is 0.603. The van der Waals surface area contributed by atoms with Gasteiger partial charge in [-0.2, -0.15) is 5.10 Å². The van der Waals surface area contributed by atoms with Crippen molar-refractivity contribution >= 4 is 17.6 Å². The van der Waals surface area contributed by atoms with E-state index in [1.54, 1.807) is 6.20 Å². The summed E-state index contributed by atoms with van der Waals surface area (Å²) < 4.78 is 7.19. The molecule has 166 valence electrons. The molecule has 2 aliphatic rings. The van der Waals surface area contributed by atoms with E-state index in [0.29, 0.717) is 12.3 Å². The predicted molar refractivity (Wildman–Crippen MR) is 119 cm³/mol. The number of carbonyl (C=O) groups is 2. The Balaban J connectivity index is 1.24. The molecular weight excluding hydrogens is 404 g/mol. The number of benzene rings is 1. The molecule has 1 saturated heterocycles. The van der Waals surface area contributed by atoms with Gasteiger partial charge in [-0.25, -0.2) is 19.2 Å². The standard InChI is InChI=1S/C25H28N4O3/c1-17(24(30)28-21(16-32-25(28)31)15-18-5-3-2-4-6-18)19-7-9-20(10-8-19)22-11-13-26-23-12-14-27-29(22)23/h2-6,11-14,17,19-21H,7-10,15-16H2,1H3/t17?,19?,20?,21-/m1/s1. The van der Waals surface area contributed by atoms with Gasteiger partial charge in [0.1, 0.15) is 6.61 Å². The van der Waals surface area contributed by atoms with Gasteiger partial charge in [0.05, 0.1) is 12.2 Å². The lowest BCUT2D eigenvalue weighted by molar-refractivity contribution is -0.135. The molecule has 2 atom stereocenters. The van der Waals surface area contributed by atoms with Crippen LogP contribution in [0.4, 0.5) is 4.79 Å². The molecule has 2 amide bonds. The molecule has 3 aromatic rings. The fraction of sp³-hybridized carbons (Fsp3) is 0.440. The van der Waals surface area contributed by atoms with Crippen molar-refractivity contribution in [3.8, 4) is 0 Å². The van der Waals surface area contributed by atoms with Crippen LogP contribution in [0.15, 0.2) is 54.9 Å². The van der Waals surface area contributed by atoms with E-state index < -0.39 is 6.09 Å². The molecule has 1 unspecified atom stereocenters. The van der Waals surface area contributed by atoms with E-state index in [4.69, 9.17) is 4.74 Å². The predicted octanol–water partition coefficient (Wildman–Crippen LogP) is 4.23. The third kappa shape index (κ3) is 3.87. The molecule has 2 fully saturated rings. The summed E-state index contributed by atoms with van der Waals surface area (Å²) >= 11 is 0. The van der Waals surface area contributed by atoms with Crippen molar-refractivity contribution in [1.29, 1.82) is 0 Å². The van der Waals surface area contributed by atoms with Crippen molar-refractivity contribution in [2.24, 2.45) is 11.8 Å². The zero-order chi connectivity index (χ0) is 22.1. The van der Waals surface area contributed by atoms with Crippen LogP contribution in [0, 0.1) is 11.8 Å². The fourth-order valence-electron chi connectivity index (χ4n) is 5.27. The van der Waals surface area contributed by atoms with E-state index in [-0.39, 0.29) is 30.4 Å². The lowest BCUT2D eigenvalue weighted by Crippen LogP contribution is -2.45. The van der Waals surface area contributed by atoms with Crippen LogP contribution in [0.3, 0.4) is 0 Å².